The van der Waals surface area contributed by atoms with Crippen molar-refractivity contribution in [3.63, 3.8) is 0 Å². The summed E-state index contributed by atoms with van der Waals surface area (Å²) in [5.74, 6) is -0.594. The van der Waals surface area contributed by atoms with E-state index in [2.05, 4.69) is 10.3 Å². The SMILES string of the molecule is O=C(NC(Sc1nc2ccccc2s1)C(Cl)(Cl)Cl)c1cccc([N+](=O)[O-])c1. The predicted molar refractivity (Wildman–Crippen MR) is 110 cm³/mol. The summed E-state index contributed by atoms with van der Waals surface area (Å²) in [4.78, 5) is 27.2. The summed E-state index contributed by atoms with van der Waals surface area (Å²) in [5.41, 5.74) is 0.693. The summed E-state index contributed by atoms with van der Waals surface area (Å²) >= 11 is 20.6. The smallest absolute Gasteiger partial charge is 0.270 e. The Morgan fingerprint density at radius 1 is 1.22 bits per heavy atom. The second-order valence-corrected chi connectivity index (χ2v) is 10.0. The van der Waals surface area contributed by atoms with E-state index in [1.165, 1.54) is 29.5 Å². The van der Waals surface area contributed by atoms with Crippen LogP contribution in [-0.2, 0) is 0 Å². The van der Waals surface area contributed by atoms with E-state index >= 15 is 0 Å². The van der Waals surface area contributed by atoms with E-state index in [0.717, 1.165) is 28.0 Å². The molecule has 0 aliphatic carbocycles. The first-order valence-electron chi connectivity index (χ1n) is 7.38. The lowest BCUT2D eigenvalue weighted by Gasteiger charge is -2.24. The normalized spacial score (nSPS) is 12.7. The van der Waals surface area contributed by atoms with E-state index in [4.69, 9.17) is 34.8 Å². The second-order valence-electron chi connectivity index (χ2n) is 5.27. The molecule has 1 amide bonds. The number of hydrogen-bond donors (Lipinski definition) is 1. The number of rotatable bonds is 5. The van der Waals surface area contributed by atoms with Crippen molar-refractivity contribution in [3.05, 3.63) is 64.2 Å². The lowest BCUT2D eigenvalue weighted by Crippen LogP contribution is -2.41. The molecule has 140 valence electrons. The average Bonchev–Trinajstić information content (AvgIpc) is 3.03. The number of para-hydroxylation sites is 1. The van der Waals surface area contributed by atoms with Crippen molar-refractivity contribution in [3.8, 4) is 0 Å². The Bertz CT molecular complexity index is 974. The number of hydrogen-bond acceptors (Lipinski definition) is 6. The number of alkyl halides is 3. The van der Waals surface area contributed by atoms with Crippen molar-refractivity contribution in [2.45, 2.75) is 13.5 Å². The van der Waals surface area contributed by atoms with Crippen LogP contribution in [0.3, 0.4) is 0 Å². The van der Waals surface area contributed by atoms with Gasteiger partial charge in [-0.2, -0.15) is 0 Å². The van der Waals surface area contributed by atoms with E-state index in [1.54, 1.807) is 0 Å². The Balaban J connectivity index is 1.82. The second kappa shape index (κ2) is 8.20. The fourth-order valence-corrected chi connectivity index (χ4v) is 4.81. The van der Waals surface area contributed by atoms with Gasteiger partial charge in [0.2, 0.25) is 3.79 Å². The number of nitrogens with one attached hydrogen (secondary N) is 1. The number of aromatic nitrogens is 1. The highest BCUT2D eigenvalue weighted by Crippen LogP contribution is 2.41. The first-order valence-corrected chi connectivity index (χ1v) is 10.2. The summed E-state index contributed by atoms with van der Waals surface area (Å²) < 4.78 is -0.237. The number of non-ortho nitro benzene ring substituents is 1. The number of thiazole rings is 1. The van der Waals surface area contributed by atoms with Crippen LogP contribution in [0, 0.1) is 10.1 Å². The van der Waals surface area contributed by atoms with E-state index < -0.39 is 20.0 Å². The molecule has 3 aromatic rings. The Kier molecular flexibility index (Phi) is 6.12. The molecule has 1 unspecified atom stereocenters. The summed E-state index contributed by atoms with van der Waals surface area (Å²) in [6, 6.07) is 12.9. The topological polar surface area (TPSA) is 85.1 Å². The molecule has 6 nitrogen and oxygen atoms in total. The molecule has 0 bridgehead atoms. The van der Waals surface area contributed by atoms with Crippen LogP contribution in [0.5, 0.6) is 0 Å². The molecule has 1 aromatic heterocycles. The summed E-state index contributed by atoms with van der Waals surface area (Å²) in [6.07, 6.45) is 0. The molecule has 3 rings (SSSR count). The summed E-state index contributed by atoms with van der Waals surface area (Å²) in [6.45, 7) is 0. The van der Waals surface area contributed by atoms with Gasteiger partial charge in [-0.05, 0) is 18.2 Å². The van der Waals surface area contributed by atoms with E-state index in [1.807, 2.05) is 24.3 Å². The number of carbonyl (C=O) groups excluding carboxylic acids is 1. The minimum atomic E-state index is -1.82. The van der Waals surface area contributed by atoms with Crippen LogP contribution in [0.15, 0.2) is 52.9 Å². The molecule has 27 heavy (non-hydrogen) atoms. The van der Waals surface area contributed by atoms with Gasteiger partial charge in [0.15, 0.2) is 4.34 Å². The van der Waals surface area contributed by atoms with Gasteiger partial charge in [-0.25, -0.2) is 4.98 Å². The number of amides is 1. The summed E-state index contributed by atoms with van der Waals surface area (Å²) in [5, 5.41) is 12.5. The van der Waals surface area contributed by atoms with Crippen LogP contribution < -0.4 is 5.32 Å². The lowest BCUT2D eigenvalue weighted by molar-refractivity contribution is -0.384. The van der Waals surface area contributed by atoms with Gasteiger partial charge in [-0.15, -0.1) is 11.3 Å². The molecule has 0 spiro atoms. The molecule has 2 aromatic carbocycles. The Hall–Kier alpha value is -1.58. The maximum absolute atomic E-state index is 12.5. The first-order chi connectivity index (χ1) is 12.7. The number of nitrogens with zero attached hydrogens (tertiary/aromatic N) is 2. The predicted octanol–water partition coefficient (Wildman–Crippen LogP) is 5.42. The highest BCUT2D eigenvalue weighted by atomic mass is 35.6. The Morgan fingerprint density at radius 2 is 1.96 bits per heavy atom. The van der Waals surface area contributed by atoms with Crippen LogP contribution in [0.1, 0.15) is 10.4 Å². The van der Waals surface area contributed by atoms with Gasteiger partial charge in [-0.1, -0.05) is 64.8 Å². The molecule has 1 atom stereocenters. The van der Waals surface area contributed by atoms with E-state index in [-0.39, 0.29) is 11.3 Å². The molecule has 11 heteroatoms. The summed E-state index contributed by atoms with van der Waals surface area (Å²) in [7, 11) is 0. The number of thioether (sulfide) groups is 1. The third-order valence-corrected chi connectivity index (χ3v) is 6.78. The minimum Gasteiger partial charge on any atom is -0.336 e. The van der Waals surface area contributed by atoms with E-state index in [9.17, 15) is 14.9 Å². The number of halogens is 3. The maximum atomic E-state index is 12.5. The van der Waals surface area contributed by atoms with Crippen LogP contribution in [0.25, 0.3) is 10.2 Å². The Morgan fingerprint density at radius 3 is 2.63 bits per heavy atom. The standard InChI is InChI=1S/C16H10Cl3N3O3S2/c17-16(18,19)14(27-15-20-11-6-1-2-7-12(11)26-15)21-13(23)9-4-3-5-10(8-9)22(24)25/h1-8,14H,(H,21,23). The van der Waals surface area contributed by atoms with Gasteiger partial charge >= 0.3 is 0 Å². The van der Waals surface area contributed by atoms with Crippen LogP contribution in [-0.4, -0.2) is 25.0 Å². The maximum Gasteiger partial charge on any atom is 0.270 e. The highest BCUT2D eigenvalue weighted by Gasteiger charge is 2.36. The van der Waals surface area contributed by atoms with E-state index in [0.29, 0.717) is 4.34 Å². The zero-order valence-electron chi connectivity index (χ0n) is 13.3. The number of carbonyl (C=O) groups is 1. The zero-order valence-corrected chi connectivity index (χ0v) is 17.2. The molecule has 0 radical (unpaired) electrons. The molecule has 0 saturated carbocycles. The van der Waals surface area contributed by atoms with Crippen molar-refractivity contribution in [1.29, 1.82) is 0 Å². The van der Waals surface area contributed by atoms with Gasteiger partial charge < -0.3 is 5.32 Å². The van der Waals surface area contributed by atoms with Gasteiger partial charge in [-0.3, -0.25) is 14.9 Å². The van der Waals surface area contributed by atoms with Crippen molar-refractivity contribution >= 4 is 79.7 Å². The van der Waals surface area contributed by atoms with Gasteiger partial charge in [0.05, 0.1) is 15.1 Å². The molecular weight excluding hydrogens is 453 g/mol. The van der Waals surface area contributed by atoms with Crippen LogP contribution in [0.4, 0.5) is 5.69 Å². The Labute approximate surface area is 177 Å². The lowest BCUT2D eigenvalue weighted by atomic mass is 10.2. The number of nitro benzene ring substituents is 1. The number of fused-ring (bicyclic) bond motifs is 1. The van der Waals surface area contributed by atoms with Crippen molar-refractivity contribution in [2.75, 3.05) is 0 Å². The molecule has 1 heterocycles. The third-order valence-electron chi connectivity index (χ3n) is 3.37. The molecule has 1 N–H and O–H groups in total. The first kappa shape index (κ1) is 20.2. The molecule has 0 aliphatic rings. The van der Waals surface area contributed by atoms with Crippen molar-refractivity contribution in [2.24, 2.45) is 0 Å². The monoisotopic (exact) mass is 461 g/mol. The van der Waals surface area contributed by atoms with Crippen LogP contribution >= 0.6 is 57.9 Å². The highest BCUT2D eigenvalue weighted by molar-refractivity contribution is 8.02. The number of nitro groups is 1. The van der Waals surface area contributed by atoms with Gasteiger partial charge in [0, 0.05) is 17.7 Å². The molecule has 0 aliphatic heterocycles. The fourth-order valence-electron chi connectivity index (χ4n) is 2.14. The average molecular weight is 463 g/mol. The molecule has 0 saturated heterocycles. The number of benzene rings is 2. The van der Waals surface area contributed by atoms with Crippen molar-refractivity contribution in [1.82, 2.24) is 10.3 Å². The van der Waals surface area contributed by atoms with Gasteiger partial charge in [0.25, 0.3) is 11.6 Å². The quantitative estimate of drug-likeness (QED) is 0.180. The largest absolute Gasteiger partial charge is 0.336 e. The minimum absolute atomic E-state index is 0.0911. The zero-order chi connectivity index (χ0) is 19.6. The molecule has 0 fully saturated rings. The van der Waals surface area contributed by atoms with Crippen LogP contribution in [0.2, 0.25) is 0 Å². The van der Waals surface area contributed by atoms with Crippen molar-refractivity contribution < 1.29 is 9.72 Å². The fraction of sp³-hybridized carbons (Fsp3) is 0.125. The third kappa shape index (κ3) is 5.03. The molecular formula is C16H10Cl3N3O3S2. The van der Waals surface area contributed by atoms with Gasteiger partial charge in [0.1, 0.15) is 5.37 Å².